The second-order valence-electron chi connectivity index (χ2n) is 4.76. The van der Waals surface area contributed by atoms with E-state index in [0.717, 1.165) is 31.2 Å². The summed E-state index contributed by atoms with van der Waals surface area (Å²) >= 11 is 0. The highest BCUT2D eigenvalue weighted by Crippen LogP contribution is 2.28. The summed E-state index contributed by atoms with van der Waals surface area (Å²) in [5.74, 6) is 0. The number of anilines is 1. The SMILES string of the molecule is c1cnc2nc(N3CCN4CCC3C4)oc2c1. The number of hydrogen-bond acceptors (Lipinski definition) is 5. The van der Waals surface area contributed by atoms with Crippen molar-refractivity contribution < 1.29 is 4.42 Å². The predicted molar refractivity (Wildman–Crippen MR) is 64.0 cm³/mol. The number of nitrogens with zero attached hydrogens (tertiary/aromatic N) is 4. The maximum absolute atomic E-state index is 5.79. The topological polar surface area (TPSA) is 45.4 Å². The van der Waals surface area contributed by atoms with Crippen molar-refractivity contribution >= 4 is 17.2 Å². The summed E-state index contributed by atoms with van der Waals surface area (Å²) in [6.45, 7) is 4.48. The van der Waals surface area contributed by atoms with Gasteiger partial charge >= 0.3 is 0 Å². The Labute approximate surface area is 99.0 Å². The number of oxazole rings is 1. The smallest absolute Gasteiger partial charge is 0.300 e. The molecule has 2 unspecified atom stereocenters. The van der Waals surface area contributed by atoms with E-state index in [9.17, 15) is 0 Å². The Hall–Kier alpha value is -1.62. The van der Waals surface area contributed by atoms with Gasteiger partial charge < -0.3 is 9.32 Å². The Morgan fingerprint density at radius 2 is 2.29 bits per heavy atom. The van der Waals surface area contributed by atoms with Crippen LogP contribution in [0.3, 0.4) is 0 Å². The van der Waals surface area contributed by atoms with Crippen molar-refractivity contribution in [2.24, 2.45) is 0 Å². The highest BCUT2D eigenvalue weighted by atomic mass is 16.4. The summed E-state index contributed by atoms with van der Waals surface area (Å²) in [6, 6.07) is 5.11. The summed E-state index contributed by atoms with van der Waals surface area (Å²) < 4.78 is 5.79. The molecule has 0 saturated carbocycles. The van der Waals surface area contributed by atoms with Gasteiger partial charge in [-0.1, -0.05) is 0 Å². The van der Waals surface area contributed by atoms with E-state index in [1.165, 1.54) is 13.0 Å². The predicted octanol–water partition coefficient (Wildman–Crippen LogP) is 1.12. The first kappa shape index (κ1) is 9.41. The Bertz CT molecular complexity index is 519. The van der Waals surface area contributed by atoms with Gasteiger partial charge in [0.1, 0.15) is 0 Å². The lowest BCUT2D eigenvalue weighted by Crippen LogP contribution is -2.46. The molecule has 0 amide bonds. The largest absolute Gasteiger partial charge is 0.422 e. The van der Waals surface area contributed by atoms with Crippen LogP contribution in [0, 0.1) is 0 Å². The molecular weight excluding hydrogens is 216 g/mol. The Morgan fingerprint density at radius 3 is 3.24 bits per heavy atom. The zero-order valence-corrected chi connectivity index (χ0v) is 9.54. The zero-order valence-electron chi connectivity index (χ0n) is 9.54. The number of fused-ring (bicyclic) bond motifs is 3. The minimum atomic E-state index is 0.566. The van der Waals surface area contributed by atoms with Gasteiger partial charge in [0.15, 0.2) is 5.58 Å². The maximum atomic E-state index is 5.79. The molecule has 2 atom stereocenters. The average molecular weight is 230 g/mol. The maximum Gasteiger partial charge on any atom is 0.300 e. The van der Waals surface area contributed by atoms with Crippen LogP contribution in [0.25, 0.3) is 11.2 Å². The van der Waals surface area contributed by atoms with E-state index in [2.05, 4.69) is 19.8 Å². The number of aromatic nitrogens is 2. The molecule has 4 rings (SSSR count). The van der Waals surface area contributed by atoms with Crippen molar-refractivity contribution in [1.29, 1.82) is 0 Å². The van der Waals surface area contributed by atoms with Gasteiger partial charge in [0.25, 0.3) is 6.01 Å². The van der Waals surface area contributed by atoms with Gasteiger partial charge in [0.05, 0.1) is 0 Å². The summed E-state index contributed by atoms with van der Waals surface area (Å²) in [7, 11) is 0. The van der Waals surface area contributed by atoms with Crippen molar-refractivity contribution in [3.8, 4) is 0 Å². The van der Waals surface area contributed by atoms with Crippen molar-refractivity contribution in [3.05, 3.63) is 18.3 Å². The van der Waals surface area contributed by atoms with Gasteiger partial charge in [-0.15, -0.1) is 0 Å². The number of hydrogen-bond donors (Lipinski definition) is 0. The fraction of sp³-hybridized carbons (Fsp3) is 0.500. The van der Waals surface area contributed by atoms with Crippen LogP contribution in [0.1, 0.15) is 6.42 Å². The molecule has 0 radical (unpaired) electrons. The molecule has 88 valence electrons. The van der Waals surface area contributed by atoms with Gasteiger partial charge in [0.2, 0.25) is 5.65 Å². The summed E-state index contributed by atoms with van der Waals surface area (Å²) in [4.78, 5) is 13.5. The van der Waals surface area contributed by atoms with E-state index in [0.29, 0.717) is 11.7 Å². The van der Waals surface area contributed by atoms with Crippen LogP contribution >= 0.6 is 0 Å². The third-order valence-corrected chi connectivity index (χ3v) is 3.74. The molecule has 2 aliphatic rings. The summed E-state index contributed by atoms with van der Waals surface area (Å²) in [5, 5.41) is 0. The van der Waals surface area contributed by atoms with Gasteiger partial charge in [0, 0.05) is 38.4 Å². The van der Waals surface area contributed by atoms with Gasteiger partial charge in [-0.2, -0.15) is 4.98 Å². The second-order valence-corrected chi connectivity index (χ2v) is 4.76. The molecule has 0 aromatic carbocycles. The Morgan fingerprint density at radius 1 is 1.29 bits per heavy atom. The van der Waals surface area contributed by atoms with Crippen molar-refractivity contribution in [2.45, 2.75) is 12.5 Å². The normalized spacial score (nSPS) is 27.9. The molecule has 2 saturated heterocycles. The lowest BCUT2D eigenvalue weighted by molar-refractivity contribution is 0.304. The van der Waals surface area contributed by atoms with E-state index in [4.69, 9.17) is 4.42 Å². The highest BCUT2D eigenvalue weighted by Gasteiger charge is 2.34. The van der Waals surface area contributed by atoms with Crippen LogP contribution in [0.2, 0.25) is 0 Å². The highest BCUT2D eigenvalue weighted by molar-refractivity contribution is 5.69. The first-order chi connectivity index (χ1) is 8.40. The van der Waals surface area contributed by atoms with Crippen LogP contribution in [0.15, 0.2) is 22.7 Å². The molecular formula is C12H14N4O. The first-order valence-electron chi connectivity index (χ1n) is 6.11. The van der Waals surface area contributed by atoms with E-state index < -0.39 is 0 Å². The average Bonchev–Trinajstić information content (AvgIpc) is 2.94. The first-order valence-corrected chi connectivity index (χ1v) is 6.11. The summed E-state index contributed by atoms with van der Waals surface area (Å²) in [5.41, 5.74) is 1.49. The van der Waals surface area contributed by atoms with E-state index >= 15 is 0 Å². The number of piperazine rings is 1. The molecule has 0 aliphatic carbocycles. The fourth-order valence-corrected chi connectivity index (χ4v) is 2.83. The molecule has 0 spiro atoms. The number of pyridine rings is 1. The third kappa shape index (κ3) is 1.42. The minimum Gasteiger partial charge on any atom is -0.422 e. The quantitative estimate of drug-likeness (QED) is 0.734. The third-order valence-electron chi connectivity index (χ3n) is 3.74. The standard InChI is InChI=1S/C12H14N4O/c1-2-10-11(13-4-1)14-12(17-10)16-7-6-15-5-3-9(16)8-15/h1-2,4,9H,3,5-8H2. The monoisotopic (exact) mass is 230 g/mol. The van der Waals surface area contributed by atoms with Crippen LogP contribution in [0.5, 0.6) is 0 Å². The molecule has 0 N–H and O–H groups in total. The zero-order chi connectivity index (χ0) is 11.2. The van der Waals surface area contributed by atoms with Gasteiger partial charge in [-0.25, -0.2) is 4.98 Å². The lowest BCUT2D eigenvalue weighted by Gasteiger charge is -2.32. The summed E-state index contributed by atoms with van der Waals surface area (Å²) in [6.07, 6.45) is 2.97. The Balaban J connectivity index is 1.73. The molecule has 2 fully saturated rings. The molecule has 17 heavy (non-hydrogen) atoms. The molecule has 2 aromatic heterocycles. The Kier molecular flexibility index (Phi) is 1.90. The molecule has 5 nitrogen and oxygen atoms in total. The van der Waals surface area contributed by atoms with Crippen LogP contribution in [-0.4, -0.2) is 47.1 Å². The molecule has 2 aromatic rings. The van der Waals surface area contributed by atoms with Gasteiger partial charge in [-0.3, -0.25) is 4.90 Å². The van der Waals surface area contributed by atoms with Crippen molar-refractivity contribution in [3.63, 3.8) is 0 Å². The van der Waals surface area contributed by atoms with E-state index in [1.807, 2.05) is 12.1 Å². The minimum absolute atomic E-state index is 0.566. The van der Waals surface area contributed by atoms with E-state index in [-0.39, 0.29) is 0 Å². The van der Waals surface area contributed by atoms with Crippen LogP contribution in [0.4, 0.5) is 6.01 Å². The van der Waals surface area contributed by atoms with Crippen molar-refractivity contribution in [2.75, 3.05) is 31.1 Å². The van der Waals surface area contributed by atoms with Crippen molar-refractivity contribution in [1.82, 2.24) is 14.9 Å². The molecule has 2 bridgehead atoms. The fourth-order valence-electron chi connectivity index (χ4n) is 2.83. The second kappa shape index (κ2) is 3.43. The molecule has 2 aliphatic heterocycles. The van der Waals surface area contributed by atoms with Crippen LogP contribution < -0.4 is 4.90 Å². The van der Waals surface area contributed by atoms with E-state index in [1.54, 1.807) is 6.20 Å². The molecule has 4 heterocycles. The molecule has 5 heteroatoms. The lowest BCUT2D eigenvalue weighted by atomic mass is 10.2. The van der Waals surface area contributed by atoms with Gasteiger partial charge in [-0.05, 0) is 18.6 Å². The van der Waals surface area contributed by atoms with Crippen LogP contribution in [-0.2, 0) is 0 Å². The number of rotatable bonds is 1.